The summed E-state index contributed by atoms with van der Waals surface area (Å²) in [7, 11) is -3.42. The molecule has 0 spiro atoms. The predicted molar refractivity (Wildman–Crippen MR) is 116 cm³/mol. The first-order valence-corrected chi connectivity index (χ1v) is 11.4. The lowest BCUT2D eigenvalue weighted by Gasteiger charge is -2.06. The number of nitrogens with one attached hydrogen (secondary N) is 1. The Balaban J connectivity index is 1.48. The number of aromatic nitrogens is 1. The molecular weight excluding hydrogens is 404 g/mol. The maximum absolute atomic E-state index is 12.5. The molecule has 0 saturated heterocycles. The fourth-order valence-electron chi connectivity index (χ4n) is 2.99. The molecule has 1 amide bonds. The third-order valence-corrected chi connectivity index (χ3v) is 7.16. The van der Waals surface area contributed by atoms with Crippen molar-refractivity contribution in [1.29, 1.82) is 0 Å². The van der Waals surface area contributed by atoms with E-state index in [0.29, 0.717) is 16.3 Å². The smallest absolute Gasteiger partial charge is 0.257 e. The highest BCUT2D eigenvalue weighted by Crippen LogP contribution is 2.28. The maximum Gasteiger partial charge on any atom is 0.257 e. The van der Waals surface area contributed by atoms with Gasteiger partial charge in [-0.3, -0.25) is 10.1 Å². The molecule has 146 valence electrons. The number of thiazole rings is 1. The average molecular weight is 423 g/mol. The van der Waals surface area contributed by atoms with Gasteiger partial charge in [-0.15, -0.1) is 0 Å². The molecular formula is C22H18N2O3S2. The zero-order valence-corrected chi connectivity index (χ0v) is 17.3. The van der Waals surface area contributed by atoms with Gasteiger partial charge in [0.1, 0.15) is 0 Å². The Labute approximate surface area is 173 Å². The van der Waals surface area contributed by atoms with Crippen molar-refractivity contribution in [1.82, 2.24) is 4.98 Å². The van der Waals surface area contributed by atoms with E-state index in [2.05, 4.69) is 10.3 Å². The Kier molecular flexibility index (Phi) is 5.17. The number of benzene rings is 3. The first kappa shape index (κ1) is 19.3. The molecule has 0 aliphatic heterocycles. The van der Waals surface area contributed by atoms with Crippen LogP contribution in [0.25, 0.3) is 10.2 Å². The van der Waals surface area contributed by atoms with E-state index in [0.717, 1.165) is 15.8 Å². The van der Waals surface area contributed by atoms with E-state index in [1.165, 1.54) is 11.3 Å². The van der Waals surface area contributed by atoms with Gasteiger partial charge >= 0.3 is 0 Å². The Hall–Kier alpha value is -3.03. The van der Waals surface area contributed by atoms with E-state index in [-0.39, 0.29) is 16.6 Å². The summed E-state index contributed by atoms with van der Waals surface area (Å²) in [6, 6.07) is 20.8. The van der Waals surface area contributed by atoms with Gasteiger partial charge in [0.15, 0.2) is 15.0 Å². The molecule has 3 aromatic carbocycles. The van der Waals surface area contributed by atoms with Gasteiger partial charge in [-0.2, -0.15) is 0 Å². The topological polar surface area (TPSA) is 76.1 Å². The number of aryl methyl sites for hydroxylation is 1. The molecule has 1 N–H and O–H groups in total. The Morgan fingerprint density at radius 3 is 2.38 bits per heavy atom. The van der Waals surface area contributed by atoms with Gasteiger partial charge in [0, 0.05) is 5.56 Å². The number of anilines is 1. The van der Waals surface area contributed by atoms with Crippen LogP contribution in [0.2, 0.25) is 0 Å². The van der Waals surface area contributed by atoms with E-state index in [1.807, 2.05) is 25.1 Å². The summed E-state index contributed by atoms with van der Waals surface area (Å²) in [5, 5.41) is 3.36. The van der Waals surface area contributed by atoms with Crippen LogP contribution >= 0.6 is 11.3 Å². The number of carbonyl (C=O) groups excluding carboxylic acids is 1. The van der Waals surface area contributed by atoms with Gasteiger partial charge in [-0.1, -0.05) is 53.8 Å². The van der Waals surface area contributed by atoms with Crippen molar-refractivity contribution in [2.75, 3.05) is 5.32 Å². The van der Waals surface area contributed by atoms with Crippen molar-refractivity contribution >= 4 is 42.4 Å². The minimum Gasteiger partial charge on any atom is -0.298 e. The van der Waals surface area contributed by atoms with Gasteiger partial charge in [0.25, 0.3) is 5.91 Å². The highest BCUT2D eigenvalue weighted by molar-refractivity contribution is 7.90. The molecule has 0 bridgehead atoms. The fraction of sp³-hybridized carbons (Fsp3) is 0.0909. The number of hydrogen-bond acceptors (Lipinski definition) is 5. The van der Waals surface area contributed by atoms with Crippen molar-refractivity contribution < 1.29 is 13.2 Å². The summed E-state index contributed by atoms with van der Waals surface area (Å²) in [5.74, 6) is -0.394. The van der Waals surface area contributed by atoms with Crippen molar-refractivity contribution in [2.24, 2.45) is 0 Å². The molecule has 0 atom stereocenters. The van der Waals surface area contributed by atoms with Crippen molar-refractivity contribution in [3.8, 4) is 0 Å². The average Bonchev–Trinajstić information content (AvgIpc) is 3.13. The number of sulfone groups is 1. The van der Waals surface area contributed by atoms with E-state index < -0.39 is 9.84 Å². The molecule has 0 unspecified atom stereocenters. The largest absolute Gasteiger partial charge is 0.298 e. The zero-order chi connectivity index (χ0) is 20.4. The van der Waals surface area contributed by atoms with Gasteiger partial charge in [-0.05, 0) is 48.4 Å². The lowest BCUT2D eigenvalue weighted by Crippen LogP contribution is -2.12. The van der Waals surface area contributed by atoms with Crippen LogP contribution in [0.15, 0.2) is 77.7 Å². The van der Waals surface area contributed by atoms with Gasteiger partial charge in [0.2, 0.25) is 0 Å². The maximum atomic E-state index is 12.5. The number of carbonyl (C=O) groups is 1. The summed E-state index contributed by atoms with van der Waals surface area (Å²) in [4.78, 5) is 17.3. The summed E-state index contributed by atoms with van der Waals surface area (Å²) in [6.45, 7) is 1.98. The Morgan fingerprint density at radius 2 is 1.69 bits per heavy atom. The summed E-state index contributed by atoms with van der Waals surface area (Å²) < 4.78 is 26.0. The van der Waals surface area contributed by atoms with Crippen molar-refractivity contribution in [3.63, 3.8) is 0 Å². The number of hydrogen-bond donors (Lipinski definition) is 1. The summed E-state index contributed by atoms with van der Waals surface area (Å²) >= 11 is 1.42. The fourth-order valence-corrected chi connectivity index (χ4v) is 5.30. The molecule has 0 radical (unpaired) electrons. The molecule has 29 heavy (non-hydrogen) atoms. The van der Waals surface area contributed by atoms with Crippen LogP contribution in [0.4, 0.5) is 5.13 Å². The molecule has 0 saturated carbocycles. The van der Waals surface area contributed by atoms with E-state index >= 15 is 0 Å². The lowest BCUT2D eigenvalue weighted by molar-refractivity contribution is 0.102. The quantitative estimate of drug-likeness (QED) is 0.500. The third-order valence-electron chi connectivity index (χ3n) is 4.52. The normalized spacial score (nSPS) is 11.5. The second-order valence-corrected chi connectivity index (χ2v) is 9.68. The summed E-state index contributed by atoms with van der Waals surface area (Å²) in [6.07, 6.45) is 0. The van der Waals surface area contributed by atoms with Crippen molar-refractivity contribution in [2.45, 2.75) is 17.6 Å². The molecule has 5 nitrogen and oxygen atoms in total. The highest BCUT2D eigenvalue weighted by Gasteiger charge is 2.16. The third kappa shape index (κ3) is 4.21. The van der Waals surface area contributed by atoms with Gasteiger partial charge in [0.05, 0.1) is 20.9 Å². The molecule has 1 heterocycles. The van der Waals surface area contributed by atoms with Gasteiger partial charge < -0.3 is 0 Å². The lowest BCUT2D eigenvalue weighted by atomic mass is 10.1. The first-order chi connectivity index (χ1) is 13.9. The number of nitrogens with zero attached hydrogens (tertiary/aromatic N) is 1. The number of rotatable bonds is 5. The van der Waals surface area contributed by atoms with Crippen LogP contribution in [0.5, 0.6) is 0 Å². The van der Waals surface area contributed by atoms with Crippen LogP contribution in [0, 0.1) is 6.92 Å². The monoisotopic (exact) mass is 422 g/mol. The number of fused-ring (bicyclic) bond motifs is 1. The SMILES string of the molecule is Cc1cccc2sc(NC(=O)c3ccc(CS(=O)(=O)c4ccccc4)cc3)nc12. The first-order valence-electron chi connectivity index (χ1n) is 8.97. The molecule has 1 aromatic heterocycles. The van der Waals surface area contributed by atoms with Crippen LogP contribution in [0.1, 0.15) is 21.5 Å². The van der Waals surface area contributed by atoms with Crippen LogP contribution < -0.4 is 5.32 Å². The zero-order valence-electron chi connectivity index (χ0n) is 15.6. The molecule has 4 rings (SSSR count). The molecule has 0 aliphatic rings. The van der Waals surface area contributed by atoms with Crippen LogP contribution in [0.3, 0.4) is 0 Å². The minimum absolute atomic E-state index is 0.115. The highest BCUT2D eigenvalue weighted by atomic mass is 32.2. The van der Waals surface area contributed by atoms with Crippen LogP contribution in [-0.2, 0) is 15.6 Å². The minimum atomic E-state index is -3.42. The van der Waals surface area contributed by atoms with E-state index in [9.17, 15) is 13.2 Å². The summed E-state index contributed by atoms with van der Waals surface area (Å²) in [5.41, 5.74) is 3.01. The van der Waals surface area contributed by atoms with E-state index in [1.54, 1.807) is 54.6 Å². The van der Waals surface area contributed by atoms with Gasteiger partial charge in [-0.25, -0.2) is 13.4 Å². The second kappa shape index (κ2) is 7.77. The van der Waals surface area contributed by atoms with Crippen LogP contribution in [-0.4, -0.2) is 19.3 Å². The standard InChI is InChI=1S/C22H18N2O3S2/c1-15-6-5-9-19-20(15)23-22(28-19)24-21(25)17-12-10-16(11-13-17)14-29(26,27)18-7-3-2-4-8-18/h2-13H,14H2,1H3,(H,23,24,25). The van der Waals surface area contributed by atoms with Crippen molar-refractivity contribution in [3.05, 3.63) is 89.5 Å². The molecule has 0 fully saturated rings. The Bertz CT molecular complexity index is 1280. The predicted octanol–water partition coefficient (Wildman–Crippen LogP) is 4.83. The molecule has 7 heteroatoms. The second-order valence-electron chi connectivity index (χ2n) is 6.66. The Morgan fingerprint density at radius 1 is 0.966 bits per heavy atom. The number of para-hydroxylation sites is 1. The molecule has 0 aliphatic carbocycles. The molecule has 4 aromatic rings. The number of amides is 1. The van der Waals surface area contributed by atoms with E-state index in [4.69, 9.17) is 0 Å².